The lowest BCUT2D eigenvalue weighted by Crippen LogP contribution is -2.07. The van der Waals surface area contributed by atoms with Gasteiger partial charge >= 0.3 is 5.97 Å². The second kappa shape index (κ2) is 4.31. The predicted molar refractivity (Wildman–Crippen MR) is 53.7 cm³/mol. The van der Waals surface area contributed by atoms with Crippen LogP contribution in [0.15, 0.2) is 0 Å². The van der Waals surface area contributed by atoms with Gasteiger partial charge in [0.05, 0.1) is 18.7 Å². The van der Waals surface area contributed by atoms with Crippen molar-refractivity contribution in [2.24, 2.45) is 0 Å². The number of aliphatic carboxylic acids is 1. The lowest BCUT2D eigenvalue weighted by atomic mass is 10.3. The van der Waals surface area contributed by atoms with Crippen molar-refractivity contribution in [2.45, 2.75) is 19.9 Å². The fraction of sp³-hybridized carbons (Fsp3) is 0.429. The zero-order chi connectivity index (χ0) is 11.5. The SMILES string of the molecule is Cc1nnsc1-c1nnnn1CCC(=O)O. The van der Waals surface area contributed by atoms with Crippen molar-refractivity contribution >= 4 is 17.5 Å². The van der Waals surface area contributed by atoms with Crippen molar-refractivity contribution in [2.75, 3.05) is 0 Å². The van der Waals surface area contributed by atoms with Gasteiger partial charge in [0.25, 0.3) is 0 Å². The highest BCUT2D eigenvalue weighted by molar-refractivity contribution is 7.09. The first kappa shape index (κ1) is 10.6. The van der Waals surface area contributed by atoms with Gasteiger partial charge in [-0.25, -0.2) is 4.68 Å². The zero-order valence-electron chi connectivity index (χ0n) is 8.36. The van der Waals surface area contributed by atoms with E-state index in [4.69, 9.17) is 5.11 Å². The molecule has 2 aromatic heterocycles. The second-order valence-electron chi connectivity index (χ2n) is 3.06. The Morgan fingerprint density at radius 1 is 1.50 bits per heavy atom. The lowest BCUT2D eigenvalue weighted by molar-refractivity contribution is -0.137. The van der Waals surface area contributed by atoms with Gasteiger partial charge in [-0.15, -0.1) is 10.2 Å². The highest BCUT2D eigenvalue weighted by Gasteiger charge is 2.15. The first-order chi connectivity index (χ1) is 7.68. The maximum Gasteiger partial charge on any atom is 0.305 e. The van der Waals surface area contributed by atoms with Gasteiger partial charge in [-0.2, -0.15) is 0 Å². The molecule has 0 bridgehead atoms. The highest BCUT2D eigenvalue weighted by atomic mass is 32.1. The van der Waals surface area contributed by atoms with E-state index in [-0.39, 0.29) is 13.0 Å². The lowest BCUT2D eigenvalue weighted by Gasteiger charge is -1.99. The minimum absolute atomic E-state index is 0.0245. The van der Waals surface area contributed by atoms with Crippen LogP contribution in [0, 0.1) is 6.92 Å². The topological polar surface area (TPSA) is 107 Å². The van der Waals surface area contributed by atoms with Gasteiger partial charge < -0.3 is 5.11 Å². The molecule has 0 unspecified atom stereocenters. The normalized spacial score (nSPS) is 10.6. The Morgan fingerprint density at radius 2 is 2.31 bits per heavy atom. The molecule has 0 amide bonds. The van der Waals surface area contributed by atoms with Crippen molar-refractivity contribution in [3.05, 3.63) is 5.69 Å². The van der Waals surface area contributed by atoms with E-state index in [0.29, 0.717) is 5.82 Å². The molecule has 16 heavy (non-hydrogen) atoms. The minimum atomic E-state index is -0.888. The van der Waals surface area contributed by atoms with E-state index in [0.717, 1.165) is 10.6 Å². The molecule has 2 aromatic rings. The summed E-state index contributed by atoms with van der Waals surface area (Å²) in [5.74, 6) is -0.380. The number of nitrogens with zero attached hydrogens (tertiary/aromatic N) is 6. The summed E-state index contributed by atoms with van der Waals surface area (Å²) < 4.78 is 5.22. The largest absolute Gasteiger partial charge is 0.481 e. The van der Waals surface area contributed by atoms with Crippen LogP contribution in [0.5, 0.6) is 0 Å². The van der Waals surface area contributed by atoms with Crippen LogP contribution in [-0.4, -0.2) is 40.9 Å². The van der Waals surface area contributed by atoms with Crippen molar-refractivity contribution in [3.8, 4) is 10.7 Å². The molecular weight excluding hydrogens is 232 g/mol. The molecule has 0 aromatic carbocycles. The summed E-state index contributed by atoms with van der Waals surface area (Å²) in [6.07, 6.45) is -0.0245. The molecule has 1 N–H and O–H groups in total. The van der Waals surface area contributed by atoms with Crippen LogP contribution in [0.1, 0.15) is 12.1 Å². The molecule has 9 heteroatoms. The van der Waals surface area contributed by atoms with Gasteiger partial charge in [-0.3, -0.25) is 4.79 Å². The Hall–Kier alpha value is -1.90. The molecule has 0 spiro atoms. The Kier molecular flexibility index (Phi) is 2.86. The summed E-state index contributed by atoms with van der Waals surface area (Å²) >= 11 is 1.18. The average molecular weight is 240 g/mol. The molecule has 2 heterocycles. The van der Waals surface area contributed by atoms with E-state index in [1.165, 1.54) is 16.2 Å². The number of rotatable bonds is 4. The van der Waals surface area contributed by atoms with Crippen molar-refractivity contribution in [1.82, 2.24) is 29.8 Å². The molecule has 0 aliphatic rings. The number of aromatic nitrogens is 6. The third-order valence-electron chi connectivity index (χ3n) is 1.92. The smallest absolute Gasteiger partial charge is 0.305 e. The summed E-state index contributed by atoms with van der Waals surface area (Å²) in [5, 5.41) is 23.5. The zero-order valence-corrected chi connectivity index (χ0v) is 9.18. The summed E-state index contributed by atoms with van der Waals surface area (Å²) in [7, 11) is 0. The second-order valence-corrected chi connectivity index (χ2v) is 3.81. The van der Waals surface area contributed by atoms with Crippen LogP contribution in [0.25, 0.3) is 10.7 Å². The molecule has 0 atom stereocenters. The molecule has 0 aliphatic heterocycles. The monoisotopic (exact) mass is 240 g/mol. The number of carboxylic acid groups (broad SMARTS) is 1. The summed E-state index contributed by atoms with van der Waals surface area (Å²) in [5.41, 5.74) is 0.733. The molecule has 0 radical (unpaired) electrons. The molecular formula is C7H8N6O2S. The maximum absolute atomic E-state index is 10.5. The average Bonchev–Trinajstić information content (AvgIpc) is 2.82. The third kappa shape index (κ3) is 2.03. The molecule has 0 saturated heterocycles. The van der Waals surface area contributed by atoms with Gasteiger partial charge in [-0.05, 0) is 28.9 Å². The molecule has 0 saturated carbocycles. The van der Waals surface area contributed by atoms with Crippen molar-refractivity contribution in [3.63, 3.8) is 0 Å². The summed E-state index contributed by atoms with van der Waals surface area (Å²) in [6, 6.07) is 0. The standard InChI is InChI=1S/C7H8N6O2S/c1-4-6(16-12-8-4)7-9-10-11-13(7)3-2-5(14)15/h2-3H2,1H3,(H,14,15). The van der Waals surface area contributed by atoms with Crippen LogP contribution >= 0.6 is 11.5 Å². The predicted octanol–water partition coefficient (Wildman–Crippen LogP) is -0.0253. The Morgan fingerprint density at radius 3 is 2.94 bits per heavy atom. The summed E-state index contributed by atoms with van der Waals surface area (Å²) in [6.45, 7) is 2.03. The number of carbonyl (C=O) groups is 1. The number of aryl methyl sites for hydroxylation is 2. The Labute approximate surface area is 94.1 Å². The Bertz CT molecular complexity index is 506. The van der Waals surface area contributed by atoms with Crippen LogP contribution in [0.3, 0.4) is 0 Å². The van der Waals surface area contributed by atoms with E-state index >= 15 is 0 Å². The Balaban J connectivity index is 2.26. The first-order valence-corrected chi connectivity index (χ1v) is 5.23. The molecule has 0 fully saturated rings. The minimum Gasteiger partial charge on any atom is -0.481 e. The fourth-order valence-electron chi connectivity index (χ4n) is 1.16. The van der Waals surface area contributed by atoms with Crippen molar-refractivity contribution in [1.29, 1.82) is 0 Å². The van der Waals surface area contributed by atoms with Crippen LogP contribution < -0.4 is 0 Å². The van der Waals surface area contributed by atoms with Gasteiger partial charge in [0, 0.05) is 0 Å². The highest BCUT2D eigenvalue weighted by Crippen LogP contribution is 2.22. The molecule has 84 valence electrons. The molecule has 8 nitrogen and oxygen atoms in total. The van der Waals surface area contributed by atoms with Gasteiger partial charge in [0.1, 0.15) is 4.88 Å². The van der Waals surface area contributed by atoms with E-state index in [2.05, 4.69) is 25.1 Å². The molecule has 2 rings (SSSR count). The van der Waals surface area contributed by atoms with Crippen LogP contribution in [0.4, 0.5) is 0 Å². The van der Waals surface area contributed by atoms with E-state index < -0.39 is 5.97 Å². The van der Waals surface area contributed by atoms with Crippen LogP contribution in [0.2, 0.25) is 0 Å². The maximum atomic E-state index is 10.5. The van der Waals surface area contributed by atoms with Crippen LogP contribution in [-0.2, 0) is 11.3 Å². The van der Waals surface area contributed by atoms with E-state index in [1.54, 1.807) is 6.92 Å². The van der Waals surface area contributed by atoms with Gasteiger partial charge in [-0.1, -0.05) is 4.49 Å². The van der Waals surface area contributed by atoms with Gasteiger partial charge in [0.2, 0.25) is 0 Å². The summed E-state index contributed by atoms with van der Waals surface area (Å²) in [4.78, 5) is 11.2. The molecule has 0 aliphatic carbocycles. The number of hydrogen-bond donors (Lipinski definition) is 1. The van der Waals surface area contributed by atoms with E-state index in [1.807, 2.05) is 0 Å². The number of carboxylic acids is 1. The first-order valence-electron chi connectivity index (χ1n) is 4.46. The fourth-order valence-corrected chi connectivity index (χ4v) is 1.80. The number of tetrazole rings is 1. The quantitative estimate of drug-likeness (QED) is 0.799. The van der Waals surface area contributed by atoms with Crippen molar-refractivity contribution < 1.29 is 9.90 Å². The van der Waals surface area contributed by atoms with Gasteiger partial charge in [0.15, 0.2) is 5.82 Å². The number of hydrogen-bond acceptors (Lipinski definition) is 7. The van der Waals surface area contributed by atoms with E-state index in [9.17, 15) is 4.79 Å². The third-order valence-corrected chi connectivity index (χ3v) is 2.75.